The first kappa shape index (κ1) is 18.1. The highest BCUT2D eigenvalue weighted by Crippen LogP contribution is 2.22. The summed E-state index contributed by atoms with van der Waals surface area (Å²) >= 11 is 0. The lowest BCUT2D eigenvalue weighted by molar-refractivity contribution is 0.200. The molecule has 138 valence electrons. The fourth-order valence-electron chi connectivity index (χ4n) is 3.34. The zero-order valence-electron chi connectivity index (χ0n) is 15.7. The van der Waals surface area contributed by atoms with Crippen molar-refractivity contribution >= 4 is 17.4 Å². The number of aryl methyl sites for hydroxylation is 1. The van der Waals surface area contributed by atoms with Gasteiger partial charge in [0.05, 0.1) is 6.61 Å². The van der Waals surface area contributed by atoms with Gasteiger partial charge in [-0.2, -0.15) is 0 Å². The van der Waals surface area contributed by atoms with Crippen LogP contribution >= 0.6 is 0 Å². The van der Waals surface area contributed by atoms with Crippen molar-refractivity contribution in [3.8, 4) is 5.75 Å². The SMILES string of the molecule is CCOc1ccc(NC(=O)N2CCN(c3cccc(C)c3)C(C)C2)cc1. The minimum atomic E-state index is -0.0510. The number of nitrogens with zero attached hydrogens (tertiary/aromatic N) is 2. The number of anilines is 2. The molecule has 0 aliphatic carbocycles. The molecule has 1 aliphatic heterocycles. The number of carbonyl (C=O) groups is 1. The third kappa shape index (κ3) is 4.28. The third-order valence-corrected chi connectivity index (χ3v) is 4.66. The molecule has 1 N–H and O–H groups in total. The zero-order valence-corrected chi connectivity index (χ0v) is 15.7. The Morgan fingerprint density at radius 3 is 2.62 bits per heavy atom. The van der Waals surface area contributed by atoms with Crippen LogP contribution in [0.3, 0.4) is 0 Å². The molecule has 26 heavy (non-hydrogen) atoms. The molecule has 1 heterocycles. The summed E-state index contributed by atoms with van der Waals surface area (Å²) in [5.74, 6) is 0.811. The van der Waals surface area contributed by atoms with Gasteiger partial charge < -0.3 is 19.9 Å². The van der Waals surface area contributed by atoms with E-state index in [1.807, 2.05) is 36.1 Å². The van der Waals surface area contributed by atoms with E-state index >= 15 is 0 Å². The van der Waals surface area contributed by atoms with Crippen molar-refractivity contribution in [1.82, 2.24) is 4.90 Å². The van der Waals surface area contributed by atoms with Crippen LogP contribution in [0, 0.1) is 6.92 Å². The number of amides is 2. The normalized spacial score (nSPS) is 17.1. The van der Waals surface area contributed by atoms with Crippen molar-refractivity contribution in [3.63, 3.8) is 0 Å². The summed E-state index contributed by atoms with van der Waals surface area (Å²) in [6, 6.07) is 16.2. The Hall–Kier alpha value is -2.69. The monoisotopic (exact) mass is 353 g/mol. The fraction of sp³-hybridized carbons (Fsp3) is 0.381. The van der Waals surface area contributed by atoms with Crippen molar-refractivity contribution in [1.29, 1.82) is 0 Å². The first-order valence-corrected chi connectivity index (χ1v) is 9.19. The van der Waals surface area contributed by atoms with Crippen molar-refractivity contribution in [3.05, 3.63) is 54.1 Å². The smallest absolute Gasteiger partial charge is 0.321 e. The molecular formula is C21H27N3O2. The number of benzene rings is 2. The van der Waals surface area contributed by atoms with E-state index in [-0.39, 0.29) is 12.1 Å². The summed E-state index contributed by atoms with van der Waals surface area (Å²) in [5.41, 5.74) is 3.27. The van der Waals surface area contributed by atoms with Gasteiger partial charge in [-0.15, -0.1) is 0 Å². The van der Waals surface area contributed by atoms with Crippen LogP contribution in [-0.2, 0) is 0 Å². The van der Waals surface area contributed by atoms with Crippen LogP contribution < -0.4 is 15.0 Å². The number of rotatable bonds is 4. The average molecular weight is 353 g/mol. The predicted molar refractivity (Wildman–Crippen MR) is 106 cm³/mol. The zero-order chi connectivity index (χ0) is 18.5. The molecule has 5 heteroatoms. The maximum absolute atomic E-state index is 12.6. The van der Waals surface area contributed by atoms with E-state index in [4.69, 9.17) is 4.74 Å². The molecular weight excluding hydrogens is 326 g/mol. The van der Waals surface area contributed by atoms with Gasteiger partial charge in [0.25, 0.3) is 0 Å². The number of nitrogens with one attached hydrogen (secondary N) is 1. The fourth-order valence-corrected chi connectivity index (χ4v) is 3.34. The van der Waals surface area contributed by atoms with Gasteiger partial charge in [0.2, 0.25) is 0 Å². The van der Waals surface area contributed by atoms with Crippen LogP contribution in [0.1, 0.15) is 19.4 Å². The first-order valence-electron chi connectivity index (χ1n) is 9.19. The average Bonchev–Trinajstić information content (AvgIpc) is 2.63. The van der Waals surface area contributed by atoms with Gasteiger partial charge in [0.1, 0.15) is 5.75 Å². The van der Waals surface area contributed by atoms with Crippen LogP contribution in [0.25, 0.3) is 0 Å². The van der Waals surface area contributed by atoms with Crippen molar-refractivity contribution < 1.29 is 9.53 Å². The molecule has 3 rings (SSSR count). The van der Waals surface area contributed by atoms with E-state index in [1.165, 1.54) is 11.3 Å². The molecule has 0 radical (unpaired) electrons. The maximum atomic E-state index is 12.6. The Balaban J connectivity index is 1.58. The Morgan fingerprint density at radius 2 is 1.96 bits per heavy atom. The molecule has 0 bridgehead atoms. The van der Waals surface area contributed by atoms with Crippen LogP contribution in [0.15, 0.2) is 48.5 Å². The highest BCUT2D eigenvalue weighted by Gasteiger charge is 2.27. The molecule has 1 atom stereocenters. The van der Waals surface area contributed by atoms with E-state index in [2.05, 4.69) is 48.3 Å². The Kier molecular flexibility index (Phi) is 5.66. The van der Waals surface area contributed by atoms with Gasteiger partial charge in [-0.25, -0.2) is 4.79 Å². The number of hydrogen-bond acceptors (Lipinski definition) is 3. The summed E-state index contributed by atoms with van der Waals surface area (Å²) in [4.78, 5) is 16.8. The minimum Gasteiger partial charge on any atom is -0.494 e. The largest absolute Gasteiger partial charge is 0.494 e. The second kappa shape index (κ2) is 8.13. The quantitative estimate of drug-likeness (QED) is 0.899. The molecule has 2 aromatic rings. The lowest BCUT2D eigenvalue weighted by Gasteiger charge is -2.41. The van der Waals surface area contributed by atoms with Crippen LogP contribution in [0.4, 0.5) is 16.2 Å². The second-order valence-electron chi connectivity index (χ2n) is 6.71. The highest BCUT2D eigenvalue weighted by molar-refractivity contribution is 5.89. The molecule has 0 spiro atoms. The molecule has 5 nitrogen and oxygen atoms in total. The standard InChI is InChI=1S/C21H27N3O2/c1-4-26-20-10-8-18(9-11-20)22-21(25)23-12-13-24(17(3)15-23)19-7-5-6-16(2)14-19/h5-11,14,17H,4,12-13,15H2,1-3H3,(H,22,25). The van der Waals surface area contributed by atoms with Gasteiger partial charge >= 0.3 is 6.03 Å². The van der Waals surface area contributed by atoms with Crippen LogP contribution in [0.2, 0.25) is 0 Å². The lowest BCUT2D eigenvalue weighted by Crippen LogP contribution is -2.54. The molecule has 0 aromatic heterocycles. The van der Waals surface area contributed by atoms with Gasteiger partial charge in [-0.05, 0) is 62.7 Å². The third-order valence-electron chi connectivity index (χ3n) is 4.66. The Morgan fingerprint density at radius 1 is 1.19 bits per heavy atom. The van der Waals surface area contributed by atoms with E-state index < -0.39 is 0 Å². The van der Waals surface area contributed by atoms with Crippen molar-refractivity contribution in [2.75, 3.05) is 36.5 Å². The van der Waals surface area contributed by atoms with Crippen molar-refractivity contribution in [2.24, 2.45) is 0 Å². The molecule has 1 unspecified atom stereocenters. The predicted octanol–water partition coefficient (Wildman–Crippen LogP) is 4.14. The number of urea groups is 1. The topological polar surface area (TPSA) is 44.8 Å². The maximum Gasteiger partial charge on any atom is 0.321 e. The Bertz CT molecular complexity index is 745. The molecule has 1 saturated heterocycles. The summed E-state index contributed by atoms with van der Waals surface area (Å²) in [7, 11) is 0. The Labute approximate surface area is 155 Å². The molecule has 1 aliphatic rings. The summed E-state index contributed by atoms with van der Waals surface area (Å²) in [6.45, 7) is 9.11. The van der Waals surface area contributed by atoms with E-state index in [0.717, 1.165) is 18.0 Å². The summed E-state index contributed by atoms with van der Waals surface area (Å²) in [6.07, 6.45) is 0. The van der Waals surface area contributed by atoms with E-state index in [1.54, 1.807) is 0 Å². The van der Waals surface area contributed by atoms with E-state index in [0.29, 0.717) is 19.7 Å². The molecule has 2 aromatic carbocycles. The summed E-state index contributed by atoms with van der Waals surface area (Å²) < 4.78 is 5.43. The van der Waals surface area contributed by atoms with Crippen LogP contribution in [-0.4, -0.2) is 43.2 Å². The van der Waals surface area contributed by atoms with Crippen LogP contribution in [0.5, 0.6) is 5.75 Å². The number of piperazine rings is 1. The summed E-state index contributed by atoms with van der Waals surface area (Å²) in [5, 5.41) is 2.98. The van der Waals surface area contributed by atoms with E-state index in [9.17, 15) is 4.79 Å². The van der Waals surface area contributed by atoms with Gasteiger partial charge in [0, 0.05) is 37.1 Å². The highest BCUT2D eigenvalue weighted by atomic mass is 16.5. The first-order chi connectivity index (χ1) is 12.6. The van der Waals surface area contributed by atoms with Crippen molar-refractivity contribution in [2.45, 2.75) is 26.8 Å². The molecule has 1 fully saturated rings. The number of hydrogen-bond donors (Lipinski definition) is 1. The number of ether oxygens (including phenoxy) is 1. The van der Waals surface area contributed by atoms with Gasteiger partial charge in [-0.3, -0.25) is 0 Å². The van der Waals surface area contributed by atoms with Gasteiger partial charge in [0.15, 0.2) is 0 Å². The van der Waals surface area contributed by atoms with Gasteiger partial charge in [-0.1, -0.05) is 12.1 Å². The second-order valence-corrected chi connectivity index (χ2v) is 6.71. The lowest BCUT2D eigenvalue weighted by atomic mass is 10.1. The number of carbonyl (C=O) groups excluding carboxylic acids is 1. The molecule has 0 saturated carbocycles. The minimum absolute atomic E-state index is 0.0510. The molecule has 2 amide bonds.